The molecule has 0 amide bonds. The smallest absolute Gasteiger partial charge is 0.0715 e. The Kier molecular flexibility index (Phi) is 5.47. The number of hydrogen-bond donors (Lipinski definition) is 0. The molecule has 0 spiro atoms. The molecule has 1 heterocycles. The predicted octanol–water partition coefficient (Wildman–Crippen LogP) is 8.51. The summed E-state index contributed by atoms with van der Waals surface area (Å²) in [6.45, 7) is 0. The molecule has 0 saturated carbocycles. The van der Waals surface area contributed by atoms with Crippen LogP contribution in [-0.4, -0.2) is 4.98 Å². The molecule has 1 aromatic heterocycles. The molecule has 5 aromatic rings. The molecule has 4 aromatic carbocycles. The van der Waals surface area contributed by atoms with Gasteiger partial charge in [0.1, 0.15) is 0 Å². The average molecular weight is 462 g/mol. The highest BCUT2D eigenvalue weighted by Crippen LogP contribution is 2.32. The quantitative estimate of drug-likeness (QED) is 0.261. The highest BCUT2D eigenvalue weighted by molar-refractivity contribution is 9.10. The Morgan fingerprint density at radius 2 is 0.903 bits per heavy atom. The predicted molar refractivity (Wildman–Crippen MR) is 134 cm³/mol. The van der Waals surface area contributed by atoms with Gasteiger partial charge < -0.3 is 0 Å². The molecule has 0 aliphatic heterocycles. The van der Waals surface area contributed by atoms with E-state index in [1.165, 1.54) is 22.3 Å². The molecule has 0 N–H and O–H groups in total. The fourth-order valence-electron chi connectivity index (χ4n) is 3.73. The molecule has 2 heteroatoms. The maximum Gasteiger partial charge on any atom is 0.0715 e. The van der Waals surface area contributed by atoms with E-state index in [1.54, 1.807) is 0 Å². The minimum Gasteiger partial charge on any atom is -0.248 e. The summed E-state index contributed by atoms with van der Waals surface area (Å²) < 4.78 is 1.08. The lowest BCUT2D eigenvalue weighted by Gasteiger charge is -2.11. The van der Waals surface area contributed by atoms with Gasteiger partial charge in [0.15, 0.2) is 0 Å². The van der Waals surface area contributed by atoms with E-state index in [-0.39, 0.29) is 0 Å². The summed E-state index contributed by atoms with van der Waals surface area (Å²) >= 11 is 3.52. The van der Waals surface area contributed by atoms with Crippen LogP contribution in [0.15, 0.2) is 126 Å². The Hall–Kier alpha value is -3.49. The Morgan fingerprint density at radius 3 is 1.58 bits per heavy atom. The second-order valence-electron chi connectivity index (χ2n) is 7.45. The molecule has 0 bridgehead atoms. The zero-order chi connectivity index (χ0) is 21.0. The molecule has 5 rings (SSSR count). The molecule has 148 valence electrons. The molecule has 1 nitrogen and oxygen atoms in total. The topological polar surface area (TPSA) is 12.9 Å². The molecule has 0 atom stereocenters. The van der Waals surface area contributed by atoms with Crippen LogP contribution in [0.5, 0.6) is 0 Å². The maximum absolute atomic E-state index is 5.04. The van der Waals surface area contributed by atoms with Crippen LogP contribution in [0.25, 0.3) is 44.8 Å². The van der Waals surface area contributed by atoms with E-state index in [2.05, 4.69) is 125 Å². The van der Waals surface area contributed by atoms with Crippen LogP contribution in [0.3, 0.4) is 0 Å². The third-order valence-electron chi connectivity index (χ3n) is 5.34. The molecule has 31 heavy (non-hydrogen) atoms. The zero-order valence-electron chi connectivity index (χ0n) is 16.9. The zero-order valence-corrected chi connectivity index (χ0v) is 18.5. The molecule has 0 aliphatic carbocycles. The maximum atomic E-state index is 5.04. The van der Waals surface area contributed by atoms with Gasteiger partial charge in [-0.05, 0) is 52.6 Å². The summed E-state index contributed by atoms with van der Waals surface area (Å²) in [4.78, 5) is 5.04. The highest BCUT2D eigenvalue weighted by Gasteiger charge is 2.10. The number of rotatable bonds is 4. The van der Waals surface area contributed by atoms with Crippen molar-refractivity contribution in [3.05, 3.63) is 126 Å². The van der Waals surface area contributed by atoms with Crippen molar-refractivity contribution in [2.45, 2.75) is 0 Å². The summed E-state index contributed by atoms with van der Waals surface area (Å²) in [5.41, 5.74) is 8.89. The molecule has 0 aliphatic rings. The van der Waals surface area contributed by atoms with Gasteiger partial charge in [0, 0.05) is 15.6 Å². The van der Waals surface area contributed by atoms with Crippen molar-refractivity contribution in [3.8, 4) is 44.8 Å². The summed E-state index contributed by atoms with van der Waals surface area (Å²) in [7, 11) is 0. The van der Waals surface area contributed by atoms with Gasteiger partial charge in [-0.1, -0.05) is 107 Å². The fraction of sp³-hybridized carbons (Fsp3) is 0. The number of hydrogen-bond acceptors (Lipinski definition) is 1. The molecule has 0 unspecified atom stereocenters. The molecule has 0 radical (unpaired) electrons. The second kappa shape index (κ2) is 8.71. The lowest BCUT2D eigenvalue weighted by Crippen LogP contribution is -1.91. The van der Waals surface area contributed by atoms with Gasteiger partial charge in [-0.25, -0.2) is 4.98 Å². The van der Waals surface area contributed by atoms with Crippen LogP contribution in [0, 0.1) is 0 Å². The van der Waals surface area contributed by atoms with E-state index < -0.39 is 0 Å². The minimum absolute atomic E-state index is 0.971. The van der Waals surface area contributed by atoms with Gasteiger partial charge in [0.25, 0.3) is 0 Å². The molecular weight excluding hydrogens is 442 g/mol. The minimum atomic E-state index is 0.971. The van der Waals surface area contributed by atoms with Crippen LogP contribution in [-0.2, 0) is 0 Å². The van der Waals surface area contributed by atoms with Crippen molar-refractivity contribution in [2.75, 3.05) is 0 Å². The number of halogens is 1. The molecular formula is C29H20BrN. The van der Waals surface area contributed by atoms with Crippen molar-refractivity contribution >= 4 is 15.9 Å². The van der Waals surface area contributed by atoms with Crippen molar-refractivity contribution in [2.24, 2.45) is 0 Å². The van der Waals surface area contributed by atoms with Crippen LogP contribution < -0.4 is 0 Å². The largest absolute Gasteiger partial charge is 0.248 e. The van der Waals surface area contributed by atoms with Crippen molar-refractivity contribution in [1.29, 1.82) is 0 Å². The van der Waals surface area contributed by atoms with Crippen molar-refractivity contribution < 1.29 is 0 Å². The average Bonchev–Trinajstić information content (AvgIpc) is 2.85. The van der Waals surface area contributed by atoms with Crippen LogP contribution >= 0.6 is 15.9 Å². The molecule has 0 fully saturated rings. The van der Waals surface area contributed by atoms with Gasteiger partial charge in [-0.2, -0.15) is 0 Å². The first-order chi connectivity index (χ1) is 15.3. The lowest BCUT2D eigenvalue weighted by molar-refractivity contribution is 1.32. The van der Waals surface area contributed by atoms with E-state index in [0.717, 1.165) is 27.0 Å². The van der Waals surface area contributed by atoms with Gasteiger partial charge in [0.2, 0.25) is 0 Å². The Morgan fingerprint density at radius 1 is 0.387 bits per heavy atom. The van der Waals surface area contributed by atoms with Gasteiger partial charge in [-0.15, -0.1) is 0 Å². The molecule has 0 saturated heterocycles. The van der Waals surface area contributed by atoms with E-state index in [4.69, 9.17) is 4.98 Å². The monoisotopic (exact) mass is 461 g/mol. The number of benzene rings is 4. The second-order valence-corrected chi connectivity index (χ2v) is 8.36. The third kappa shape index (κ3) is 4.35. The van der Waals surface area contributed by atoms with E-state index in [9.17, 15) is 0 Å². The Balaban J connectivity index is 1.65. The number of aromatic nitrogens is 1. The summed E-state index contributed by atoms with van der Waals surface area (Å²) in [5, 5.41) is 0. The first kappa shape index (κ1) is 19.5. The fourth-order valence-corrected chi connectivity index (χ4v) is 4.00. The van der Waals surface area contributed by atoms with Crippen LogP contribution in [0.2, 0.25) is 0 Å². The van der Waals surface area contributed by atoms with E-state index >= 15 is 0 Å². The Bertz CT molecular complexity index is 1250. The Labute approximate surface area is 191 Å². The standard InChI is InChI=1S/C29H20BrN/c30-27-16-14-22(15-17-27)24-12-7-13-25(18-24)29-20-26(21-8-3-1-4-9-21)19-28(31-29)23-10-5-2-6-11-23/h1-20H. The number of pyridine rings is 1. The van der Waals surface area contributed by atoms with Gasteiger partial charge in [0.05, 0.1) is 11.4 Å². The summed E-state index contributed by atoms with van der Waals surface area (Å²) in [5.74, 6) is 0. The first-order valence-corrected chi connectivity index (χ1v) is 11.0. The van der Waals surface area contributed by atoms with E-state index in [1.807, 2.05) is 12.1 Å². The highest BCUT2D eigenvalue weighted by atomic mass is 79.9. The number of nitrogens with zero attached hydrogens (tertiary/aromatic N) is 1. The van der Waals surface area contributed by atoms with Gasteiger partial charge >= 0.3 is 0 Å². The summed E-state index contributed by atoms with van der Waals surface area (Å²) in [6, 6.07) is 42.2. The van der Waals surface area contributed by atoms with Crippen molar-refractivity contribution in [1.82, 2.24) is 4.98 Å². The SMILES string of the molecule is Brc1ccc(-c2cccc(-c3cc(-c4ccccc4)cc(-c4ccccc4)n3)c2)cc1. The third-order valence-corrected chi connectivity index (χ3v) is 5.87. The van der Waals surface area contributed by atoms with Crippen molar-refractivity contribution in [3.63, 3.8) is 0 Å². The first-order valence-electron chi connectivity index (χ1n) is 10.3. The van der Waals surface area contributed by atoms with Crippen LogP contribution in [0.1, 0.15) is 0 Å². The van der Waals surface area contributed by atoms with E-state index in [0.29, 0.717) is 0 Å². The summed E-state index contributed by atoms with van der Waals surface area (Å²) in [6.07, 6.45) is 0. The van der Waals surface area contributed by atoms with Crippen LogP contribution in [0.4, 0.5) is 0 Å². The van der Waals surface area contributed by atoms with Gasteiger partial charge in [-0.3, -0.25) is 0 Å². The normalized spacial score (nSPS) is 10.7. The lowest BCUT2D eigenvalue weighted by atomic mass is 9.98.